The van der Waals surface area contributed by atoms with Gasteiger partial charge >= 0.3 is 0 Å². The first-order valence-electron chi connectivity index (χ1n) is 4.69. The summed E-state index contributed by atoms with van der Waals surface area (Å²) in [7, 11) is 0. The number of hydrogen-bond donors (Lipinski definition) is 1. The van der Waals surface area contributed by atoms with E-state index >= 15 is 0 Å². The Labute approximate surface area is 86.9 Å². The molecule has 1 aliphatic carbocycles. The van der Waals surface area contributed by atoms with Gasteiger partial charge in [-0.15, -0.1) is 0 Å². The summed E-state index contributed by atoms with van der Waals surface area (Å²) in [5, 5.41) is 3.48. The van der Waals surface area contributed by atoms with Crippen LogP contribution in [0, 0.1) is 0 Å². The zero-order valence-electron chi connectivity index (χ0n) is 7.46. The van der Waals surface area contributed by atoms with Gasteiger partial charge < -0.3 is 5.32 Å². The van der Waals surface area contributed by atoms with Crippen LogP contribution in [0.25, 0.3) is 0 Å². The fourth-order valence-corrected chi connectivity index (χ4v) is 1.79. The summed E-state index contributed by atoms with van der Waals surface area (Å²) in [4.78, 5) is 4.36. The van der Waals surface area contributed by atoms with E-state index in [1.165, 1.54) is 19.3 Å². The molecule has 0 unspecified atom stereocenters. The van der Waals surface area contributed by atoms with Crippen LogP contribution in [0.1, 0.15) is 25.0 Å². The minimum Gasteiger partial charge on any atom is -0.308 e. The fraction of sp³-hybridized carbons (Fsp3) is 0.500. The van der Waals surface area contributed by atoms with Crippen LogP contribution < -0.4 is 5.32 Å². The smallest absolute Gasteiger partial charge is 0.106 e. The average molecular weight is 241 g/mol. The Bertz CT molecular complexity index is 284. The molecule has 0 saturated heterocycles. The largest absolute Gasteiger partial charge is 0.308 e. The molecule has 0 atom stereocenters. The molecule has 1 fully saturated rings. The third kappa shape index (κ3) is 2.51. The predicted molar refractivity (Wildman–Crippen MR) is 56.4 cm³/mol. The van der Waals surface area contributed by atoms with Gasteiger partial charge in [0.25, 0.3) is 0 Å². The quantitative estimate of drug-likeness (QED) is 0.822. The summed E-state index contributed by atoms with van der Waals surface area (Å²) in [5.74, 6) is 0. The molecule has 2 nitrogen and oxygen atoms in total. The number of pyridine rings is 1. The third-order valence-corrected chi connectivity index (χ3v) is 2.89. The van der Waals surface area contributed by atoms with Crippen molar-refractivity contribution >= 4 is 15.9 Å². The number of halogens is 1. The SMILES string of the molecule is Brc1cccc(CNC2CCC2)n1. The van der Waals surface area contributed by atoms with Crippen molar-refractivity contribution in [2.75, 3.05) is 0 Å². The van der Waals surface area contributed by atoms with Crippen molar-refractivity contribution in [1.82, 2.24) is 10.3 Å². The standard InChI is InChI=1S/C10H13BrN2/c11-10-6-2-5-9(13-10)7-12-8-3-1-4-8/h2,5-6,8,12H,1,3-4,7H2. The summed E-state index contributed by atoms with van der Waals surface area (Å²) >= 11 is 3.36. The molecule has 1 aromatic rings. The van der Waals surface area contributed by atoms with Gasteiger partial charge in [0.1, 0.15) is 4.60 Å². The summed E-state index contributed by atoms with van der Waals surface area (Å²) in [6.07, 6.45) is 4.03. The molecule has 1 aliphatic rings. The molecule has 0 radical (unpaired) electrons. The van der Waals surface area contributed by atoms with Crippen LogP contribution in [0.3, 0.4) is 0 Å². The number of aromatic nitrogens is 1. The van der Waals surface area contributed by atoms with E-state index < -0.39 is 0 Å². The van der Waals surface area contributed by atoms with Gasteiger partial charge in [-0.05, 0) is 40.9 Å². The van der Waals surface area contributed by atoms with E-state index in [4.69, 9.17) is 0 Å². The highest BCUT2D eigenvalue weighted by molar-refractivity contribution is 9.10. The summed E-state index contributed by atoms with van der Waals surface area (Å²) in [5.41, 5.74) is 1.11. The maximum absolute atomic E-state index is 4.36. The molecule has 0 aromatic carbocycles. The van der Waals surface area contributed by atoms with Crippen LogP contribution >= 0.6 is 15.9 Å². The molecule has 0 spiro atoms. The lowest BCUT2D eigenvalue weighted by Crippen LogP contribution is -2.34. The Balaban J connectivity index is 1.86. The second-order valence-corrected chi connectivity index (χ2v) is 4.27. The predicted octanol–water partition coefficient (Wildman–Crippen LogP) is 2.49. The van der Waals surface area contributed by atoms with Crippen LogP contribution in [0.2, 0.25) is 0 Å². The first kappa shape index (κ1) is 9.16. The number of nitrogens with one attached hydrogen (secondary N) is 1. The molecular weight excluding hydrogens is 228 g/mol. The Morgan fingerprint density at radius 1 is 1.46 bits per heavy atom. The Kier molecular flexibility index (Phi) is 2.96. The summed E-state index contributed by atoms with van der Waals surface area (Å²) in [6.45, 7) is 0.893. The lowest BCUT2D eigenvalue weighted by atomic mass is 9.93. The van der Waals surface area contributed by atoms with Crippen molar-refractivity contribution in [2.24, 2.45) is 0 Å². The van der Waals surface area contributed by atoms with Crippen LogP contribution in [0.5, 0.6) is 0 Å². The van der Waals surface area contributed by atoms with Crippen molar-refractivity contribution < 1.29 is 0 Å². The van der Waals surface area contributed by atoms with E-state index in [1.54, 1.807) is 0 Å². The normalized spacial score (nSPS) is 17.0. The van der Waals surface area contributed by atoms with Gasteiger partial charge in [-0.2, -0.15) is 0 Å². The number of nitrogens with zero attached hydrogens (tertiary/aromatic N) is 1. The van der Waals surface area contributed by atoms with E-state index in [2.05, 4.69) is 32.3 Å². The molecule has 0 amide bonds. The Morgan fingerprint density at radius 2 is 2.31 bits per heavy atom. The van der Waals surface area contributed by atoms with Gasteiger partial charge in [0, 0.05) is 12.6 Å². The third-order valence-electron chi connectivity index (χ3n) is 2.45. The van der Waals surface area contributed by atoms with E-state index in [9.17, 15) is 0 Å². The van der Waals surface area contributed by atoms with Crippen LogP contribution in [-0.2, 0) is 6.54 Å². The molecule has 1 heterocycles. The minimum absolute atomic E-state index is 0.737. The van der Waals surface area contributed by atoms with Gasteiger partial charge in [-0.1, -0.05) is 12.5 Å². The minimum atomic E-state index is 0.737. The highest BCUT2D eigenvalue weighted by Crippen LogP contribution is 2.18. The molecule has 0 bridgehead atoms. The lowest BCUT2D eigenvalue weighted by Gasteiger charge is -2.26. The van der Waals surface area contributed by atoms with E-state index in [0.29, 0.717) is 0 Å². The zero-order valence-corrected chi connectivity index (χ0v) is 9.05. The van der Waals surface area contributed by atoms with Crippen LogP contribution in [0.4, 0.5) is 0 Å². The topological polar surface area (TPSA) is 24.9 Å². The first-order chi connectivity index (χ1) is 6.34. The van der Waals surface area contributed by atoms with E-state index in [0.717, 1.165) is 22.9 Å². The second-order valence-electron chi connectivity index (χ2n) is 3.46. The fourth-order valence-electron chi connectivity index (χ4n) is 1.41. The molecule has 1 aromatic heterocycles. The van der Waals surface area contributed by atoms with Gasteiger partial charge in [0.05, 0.1) is 5.69 Å². The highest BCUT2D eigenvalue weighted by atomic mass is 79.9. The zero-order chi connectivity index (χ0) is 9.10. The van der Waals surface area contributed by atoms with Crippen molar-refractivity contribution in [3.05, 3.63) is 28.5 Å². The summed E-state index contributed by atoms with van der Waals surface area (Å²) < 4.78 is 0.917. The van der Waals surface area contributed by atoms with E-state index in [1.807, 2.05) is 12.1 Å². The Hall–Kier alpha value is -0.410. The molecule has 13 heavy (non-hydrogen) atoms. The van der Waals surface area contributed by atoms with Crippen molar-refractivity contribution in [2.45, 2.75) is 31.8 Å². The van der Waals surface area contributed by atoms with E-state index in [-0.39, 0.29) is 0 Å². The van der Waals surface area contributed by atoms with Crippen LogP contribution in [0.15, 0.2) is 22.8 Å². The molecule has 1 N–H and O–H groups in total. The second kappa shape index (κ2) is 4.20. The van der Waals surface area contributed by atoms with Crippen molar-refractivity contribution in [3.63, 3.8) is 0 Å². The average Bonchev–Trinajstić information content (AvgIpc) is 2.01. The van der Waals surface area contributed by atoms with Crippen molar-refractivity contribution in [1.29, 1.82) is 0 Å². The number of hydrogen-bond acceptors (Lipinski definition) is 2. The molecule has 70 valence electrons. The van der Waals surface area contributed by atoms with Gasteiger partial charge in [0.2, 0.25) is 0 Å². The van der Waals surface area contributed by atoms with Crippen molar-refractivity contribution in [3.8, 4) is 0 Å². The van der Waals surface area contributed by atoms with Gasteiger partial charge in [-0.3, -0.25) is 0 Å². The molecular formula is C10H13BrN2. The molecule has 2 rings (SSSR count). The monoisotopic (exact) mass is 240 g/mol. The first-order valence-corrected chi connectivity index (χ1v) is 5.49. The molecule has 3 heteroatoms. The Morgan fingerprint density at radius 3 is 2.92 bits per heavy atom. The number of rotatable bonds is 3. The maximum atomic E-state index is 4.36. The highest BCUT2D eigenvalue weighted by Gasteiger charge is 2.16. The van der Waals surface area contributed by atoms with Gasteiger partial charge in [-0.25, -0.2) is 4.98 Å². The molecule has 1 saturated carbocycles. The summed E-state index contributed by atoms with van der Waals surface area (Å²) in [6, 6.07) is 6.76. The lowest BCUT2D eigenvalue weighted by molar-refractivity contribution is 0.337. The maximum Gasteiger partial charge on any atom is 0.106 e. The molecule has 0 aliphatic heterocycles. The van der Waals surface area contributed by atoms with Crippen LogP contribution in [-0.4, -0.2) is 11.0 Å². The van der Waals surface area contributed by atoms with Gasteiger partial charge in [0.15, 0.2) is 0 Å².